The Hall–Kier alpha value is -2.41. The van der Waals surface area contributed by atoms with E-state index in [2.05, 4.69) is 6.58 Å². The van der Waals surface area contributed by atoms with Gasteiger partial charge in [-0.2, -0.15) is 0 Å². The predicted molar refractivity (Wildman–Crippen MR) is 118 cm³/mol. The van der Waals surface area contributed by atoms with Gasteiger partial charge in [0.15, 0.2) is 11.5 Å². The normalized spacial score (nSPS) is 15.1. The topological polar surface area (TPSA) is 55.8 Å². The largest absolute Gasteiger partial charge is 0.490 e. The zero-order valence-corrected chi connectivity index (χ0v) is 17.8. The molecule has 1 heterocycles. The number of carbonyl (C=O) groups is 2. The summed E-state index contributed by atoms with van der Waals surface area (Å²) in [6, 6.07) is 9.86. The Balaban J connectivity index is 1.93. The first-order chi connectivity index (χ1) is 13.9. The Kier molecular flexibility index (Phi) is 6.90. The number of amides is 2. The molecule has 0 N–H and O–H groups in total. The predicted octanol–water partition coefficient (Wildman–Crippen LogP) is 6.20. The summed E-state index contributed by atoms with van der Waals surface area (Å²) in [5.74, 6) is 0.438. The van der Waals surface area contributed by atoms with Crippen LogP contribution < -0.4 is 14.4 Å². The van der Waals surface area contributed by atoms with Crippen LogP contribution >= 0.6 is 35.0 Å². The lowest BCUT2D eigenvalue weighted by Gasteiger charge is -2.14. The average Bonchev–Trinajstić information content (AvgIpc) is 2.95. The molecule has 3 rings (SSSR count). The summed E-state index contributed by atoms with van der Waals surface area (Å²) in [6.07, 6.45) is 3.21. The van der Waals surface area contributed by atoms with Gasteiger partial charge in [0, 0.05) is 5.02 Å². The van der Waals surface area contributed by atoms with Crippen molar-refractivity contribution in [1.82, 2.24) is 0 Å². The highest BCUT2D eigenvalue weighted by Gasteiger charge is 2.36. The van der Waals surface area contributed by atoms with Crippen molar-refractivity contribution in [1.29, 1.82) is 0 Å². The maximum atomic E-state index is 12.8. The minimum Gasteiger partial charge on any atom is -0.490 e. The van der Waals surface area contributed by atoms with Crippen molar-refractivity contribution in [3.63, 3.8) is 0 Å². The number of carbonyl (C=O) groups excluding carboxylic acids is 2. The standard InChI is InChI=1S/C21H17Cl2NO4S/c1-3-9-28-19-16(23)10-13(11-17(19)27-4-2)12-18-20(25)24(21(26)29-18)15-7-5-14(22)6-8-15/h3,5-8,10-12H,1,4,9H2,2H3/b18-12+. The molecule has 2 aromatic carbocycles. The van der Waals surface area contributed by atoms with Crippen LogP contribution in [-0.4, -0.2) is 24.4 Å². The number of hydrogen-bond acceptors (Lipinski definition) is 5. The first-order valence-electron chi connectivity index (χ1n) is 8.68. The van der Waals surface area contributed by atoms with Crippen LogP contribution in [0.25, 0.3) is 6.08 Å². The Labute approximate surface area is 182 Å². The highest BCUT2D eigenvalue weighted by atomic mass is 35.5. The quantitative estimate of drug-likeness (QED) is 0.372. The number of thioether (sulfide) groups is 1. The summed E-state index contributed by atoms with van der Waals surface area (Å²) in [7, 11) is 0. The van der Waals surface area contributed by atoms with Gasteiger partial charge in [0.1, 0.15) is 6.61 Å². The Morgan fingerprint density at radius 3 is 2.52 bits per heavy atom. The molecular formula is C21H17Cl2NO4S. The molecular weight excluding hydrogens is 433 g/mol. The second kappa shape index (κ2) is 9.39. The smallest absolute Gasteiger partial charge is 0.298 e. The van der Waals surface area contributed by atoms with Gasteiger partial charge in [-0.1, -0.05) is 35.9 Å². The lowest BCUT2D eigenvalue weighted by Crippen LogP contribution is -2.27. The maximum Gasteiger partial charge on any atom is 0.298 e. The molecule has 0 radical (unpaired) electrons. The van der Waals surface area contributed by atoms with E-state index < -0.39 is 5.91 Å². The second-order valence-electron chi connectivity index (χ2n) is 5.86. The van der Waals surface area contributed by atoms with E-state index in [9.17, 15) is 9.59 Å². The second-order valence-corrected chi connectivity index (χ2v) is 7.69. The van der Waals surface area contributed by atoms with Crippen molar-refractivity contribution in [3.8, 4) is 11.5 Å². The van der Waals surface area contributed by atoms with Crippen LogP contribution in [-0.2, 0) is 4.79 Å². The number of ether oxygens (including phenoxy) is 2. The van der Waals surface area contributed by atoms with E-state index in [-0.39, 0.29) is 16.8 Å². The van der Waals surface area contributed by atoms with Crippen molar-refractivity contribution in [2.75, 3.05) is 18.1 Å². The summed E-state index contributed by atoms with van der Waals surface area (Å²) in [5, 5.41) is 0.472. The Morgan fingerprint density at radius 1 is 1.14 bits per heavy atom. The monoisotopic (exact) mass is 449 g/mol. The van der Waals surface area contributed by atoms with Gasteiger partial charge in [-0.15, -0.1) is 0 Å². The Morgan fingerprint density at radius 2 is 1.86 bits per heavy atom. The lowest BCUT2D eigenvalue weighted by molar-refractivity contribution is -0.113. The zero-order chi connectivity index (χ0) is 21.0. The fourth-order valence-electron chi connectivity index (χ4n) is 2.65. The summed E-state index contributed by atoms with van der Waals surface area (Å²) < 4.78 is 11.2. The van der Waals surface area contributed by atoms with Gasteiger partial charge in [0.05, 0.1) is 22.2 Å². The molecule has 150 valence electrons. The number of halogens is 2. The number of hydrogen-bond donors (Lipinski definition) is 0. The Bertz CT molecular complexity index is 989. The maximum absolute atomic E-state index is 12.8. The van der Waals surface area contributed by atoms with E-state index in [0.29, 0.717) is 39.4 Å². The van der Waals surface area contributed by atoms with Gasteiger partial charge in [0.2, 0.25) is 0 Å². The van der Waals surface area contributed by atoms with E-state index in [4.69, 9.17) is 32.7 Å². The van der Waals surface area contributed by atoms with Crippen LogP contribution in [0.3, 0.4) is 0 Å². The lowest BCUT2D eigenvalue weighted by atomic mass is 10.1. The van der Waals surface area contributed by atoms with Gasteiger partial charge in [-0.25, -0.2) is 4.90 Å². The van der Waals surface area contributed by atoms with Crippen molar-refractivity contribution in [3.05, 3.63) is 69.6 Å². The molecule has 0 aromatic heterocycles. The third-order valence-corrected chi connectivity index (χ3v) is 5.26. The van der Waals surface area contributed by atoms with Gasteiger partial charge in [-0.3, -0.25) is 9.59 Å². The van der Waals surface area contributed by atoms with E-state index in [1.807, 2.05) is 6.92 Å². The first-order valence-corrected chi connectivity index (χ1v) is 10.3. The minimum atomic E-state index is -0.414. The molecule has 1 fully saturated rings. The van der Waals surface area contributed by atoms with Crippen molar-refractivity contribution < 1.29 is 19.1 Å². The number of anilines is 1. The molecule has 0 aliphatic carbocycles. The number of imide groups is 1. The summed E-state index contributed by atoms with van der Waals surface area (Å²) >= 11 is 13.1. The molecule has 29 heavy (non-hydrogen) atoms. The third kappa shape index (κ3) is 4.78. The fourth-order valence-corrected chi connectivity index (χ4v) is 3.89. The molecule has 1 aliphatic heterocycles. The van der Waals surface area contributed by atoms with Crippen molar-refractivity contribution >= 4 is 57.9 Å². The van der Waals surface area contributed by atoms with Crippen molar-refractivity contribution in [2.24, 2.45) is 0 Å². The molecule has 0 saturated carbocycles. The van der Waals surface area contributed by atoms with E-state index in [1.54, 1.807) is 48.6 Å². The first kappa shape index (κ1) is 21.3. The van der Waals surface area contributed by atoms with E-state index in [1.165, 1.54) is 0 Å². The van der Waals surface area contributed by atoms with E-state index >= 15 is 0 Å². The summed E-state index contributed by atoms with van der Waals surface area (Å²) in [4.78, 5) is 26.6. The average molecular weight is 450 g/mol. The number of nitrogens with zero attached hydrogens (tertiary/aromatic N) is 1. The van der Waals surface area contributed by atoms with Gasteiger partial charge in [-0.05, 0) is 66.7 Å². The summed E-state index contributed by atoms with van der Waals surface area (Å²) in [5.41, 5.74) is 1.08. The molecule has 0 bridgehead atoms. The van der Waals surface area contributed by atoms with Crippen LogP contribution in [0.15, 0.2) is 54.0 Å². The highest BCUT2D eigenvalue weighted by Crippen LogP contribution is 2.40. The van der Waals surface area contributed by atoms with Crippen LogP contribution in [0.4, 0.5) is 10.5 Å². The fraction of sp³-hybridized carbons (Fsp3) is 0.143. The SMILES string of the molecule is C=CCOc1c(Cl)cc(/C=C2/SC(=O)N(c3ccc(Cl)cc3)C2=O)cc1OCC. The molecule has 0 spiro atoms. The zero-order valence-electron chi connectivity index (χ0n) is 15.5. The van der Waals surface area contributed by atoms with Crippen molar-refractivity contribution in [2.45, 2.75) is 6.92 Å². The van der Waals surface area contributed by atoms with Gasteiger partial charge >= 0.3 is 0 Å². The molecule has 8 heteroatoms. The van der Waals surface area contributed by atoms with E-state index in [0.717, 1.165) is 16.7 Å². The minimum absolute atomic E-state index is 0.277. The molecule has 2 aromatic rings. The molecule has 0 atom stereocenters. The third-order valence-electron chi connectivity index (χ3n) is 3.85. The summed E-state index contributed by atoms with van der Waals surface area (Å²) in [6.45, 7) is 6.15. The molecule has 5 nitrogen and oxygen atoms in total. The molecule has 1 saturated heterocycles. The van der Waals surface area contributed by atoms with Crippen LogP contribution in [0.1, 0.15) is 12.5 Å². The van der Waals surface area contributed by atoms with Crippen LogP contribution in [0.2, 0.25) is 10.0 Å². The molecule has 0 unspecified atom stereocenters. The number of benzene rings is 2. The van der Waals surface area contributed by atoms with Gasteiger partial charge < -0.3 is 9.47 Å². The number of rotatable bonds is 7. The highest BCUT2D eigenvalue weighted by molar-refractivity contribution is 8.19. The molecule has 1 aliphatic rings. The van der Waals surface area contributed by atoms with Crippen LogP contribution in [0.5, 0.6) is 11.5 Å². The molecule has 2 amide bonds. The van der Waals surface area contributed by atoms with Crippen LogP contribution in [0, 0.1) is 0 Å². The van der Waals surface area contributed by atoms with Gasteiger partial charge in [0.25, 0.3) is 11.1 Å².